The fourth-order valence-corrected chi connectivity index (χ4v) is 21.7. The predicted octanol–water partition coefficient (Wildman–Crippen LogP) is 2.20. The van der Waals surface area contributed by atoms with E-state index < -0.39 is 177 Å². The van der Waals surface area contributed by atoms with Gasteiger partial charge in [0.1, 0.15) is 124 Å². The second-order valence-electron chi connectivity index (χ2n) is 36.6. The maximum Gasteiger partial charge on any atom is 0.339 e. The average molecular weight is 2140 g/mol. The number of H-pyrrole nitrogens is 4. The van der Waals surface area contributed by atoms with Crippen LogP contribution in [0.5, 0.6) is 0 Å². The Labute approximate surface area is 850 Å². The third kappa shape index (κ3) is 26.7. The van der Waals surface area contributed by atoms with Gasteiger partial charge in [0.25, 0.3) is 28.1 Å². The van der Waals surface area contributed by atoms with Crippen molar-refractivity contribution >= 4 is 86.4 Å². The van der Waals surface area contributed by atoms with E-state index in [0.717, 1.165) is 96.5 Å². The minimum Gasteiger partial charge on any atom is -0.779 e. The fraction of sp³-hybridized carbons (Fsp3) is 0.490. The molecule has 0 saturated carbocycles. The van der Waals surface area contributed by atoms with E-state index in [9.17, 15) is 95.4 Å². The lowest BCUT2D eigenvalue weighted by Gasteiger charge is -2.32. The van der Waals surface area contributed by atoms with Gasteiger partial charge in [0.05, 0.1) is 71.4 Å². The molecule has 798 valence electrons. The summed E-state index contributed by atoms with van der Waals surface area (Å²) in [6.45, 7) is 8.77. The van der Waals surface area contributed by atoms with Crippen molar-refractivity contribution in [2.24, 2.45) is 0 Å². The first-order valence-electron chi connectivity index (χ1n) is 47.5. The molecule has 0 radical (unpaired) electrons. The Kier molecular flexibility index (Phi) is 36.5. The van der Waals surface area contributed by atoms with Crippen LogP contribution in [-0.2, 0) is 103 Å². The fourth-order valence-electron chi connectivity index (χ4n) is 18.8. The lowest BCUT2D eigenvalue weighted by Crippen LogP contribution is -2.46. The van der Waals surface area contributed by atoms with Gasteiger partial charge in [-0.05, 0) is 63.4 Å². The molecule has 51 heteroatoms. The number of benzene rings is 5. The predicted molar refractivity (Wildman–Crippen MR) is 525 cm³/mol. The van der Waals surface area contributed by atoms with Crippen LogP contribution in [0.3, 0.4) is 0 Å². The van der Waals surface area contributed by atoms with Gasteiger partial charge in [-0.15, -0.1) is 0 Å². The molecular weight excluding hydrogens is 2030 g/mol. The third-order valence-electron chi connectivity index (χ3n) is 25.4. The molecule has 8 saturated heterocycles. The minimum atomic E-state index is -4.21. The number of esters is 1. The van der Waals surface area contributed by atoms with Crippen molar-refractivity contribution in [3.05, 3.63) is 226 Å². The molecular formula is C98H111N11O36P4-4. The standard InChI is InChI=1S/C32H28N3O9P.C27H42N3O9P.C22H23N2O9P.C17H22N3O9P/c1-41-16-32-17-42-26(27(32)44-45(2,39)40)30(43-32)35-15-21(28(36)34-31(35)38)7-4-14-33-29(37)23-13-11-20-9-8-18-5-3-6-19-10-12-22(23)25(20)24(18)19;1-4-5-6-7-8-9-10-11-12-15-21(31)28-16-13-14-20-17-30(26(33)29-24(20)32)25-22-23(39-40(3,34)35)27(38-25,18-36-2)19-37-22;1-3-22-13-31-16(17(22)33-34(2,28)29)19(32-22)24-12-15(18(25)23-21(24)27)10-7-11-30-20(26)14-8-5-4-6-9-14;1-10(21)18-6-4-5-11-7-20(16(23)19-14(11)22)15-12-13(29-30(3,24)25)17(28-15,8-26-2)9-27-12/h3,5-6,8-13,15,26-27,30H,14,16-17H2,1-2H3,(H,33,37)(H,39,40)(H,34,36,38);17,22-23,25H,4-12,15-16,18-19H2,1-3H3,(H,28,31)(H,34,35)(H,29,32,33);4-6,8-9,12,16-17,19H,3,11,13H2,1-2H3,(H,28,29)(H,23,25,27);7,12-13,15H,6,8-9H2,1-3H3,(H,18,21)(H,24,25)(H,19,22,23)/p-4/t26-,27?,30-,32-;22-,23?,25-,27-;16-,17?,19-,22-;12-,13?,15-,17-/m1111/s1. The number of nitrogens with one attached hydrogen (secondary N) is 7. The molecule has 9 aromatic rings. The van der Waals surface area contributed by atoms with Crippen LogP contribution in [0.1, 0.15) is 159 Å². The van der Waals surface area contributed by atoms with Crippen molar-refractivity contribution in [1.82, 2.24) is 54.2 Å². The Bertz CT molecular complexity index is 7470. The molecule has 47 nitrogen and oxygen atoms in total. The number of ether oxygens (including phenoxy) is 12. The highest BCUT2D eigenvalue weighted by Gasteiger charge is 2.68. The van der Waals surface area contributed by atoms with Crippen LogP contribution in [0.2, 0.25) is 0 Å². The first-order valence-corrected chi connectivity index (χ1v) is 55.4. The van der Waals surface area contributed by atoms with Gasteiger partial charge in [-0.3, -0.25) is 71.8 Å². The molecule has 8 fully saturated rings. The van der Waals surface area contributed by atoms with E-state index in [2.05, 4.69) is 96.2 Å². The first kappa shape index (κ1) is 113. The third-order valence-corrected chi connectivity index (χ3v) is 27.9. The molecule has 17 rings (SSSR count). The zero-order valence-electron chi connectivity index (χ0n) is 82.7. The Morgan fingerprint density at radius 2 is 0.765 bits per heavy atom. The summed E-state index contributed by atoms with van der Waals surface area (Å²) < 4.78 is 140. The first-order chi connectivity index (χ1) is 70.9. The van der Waals surface area contributed by atoms with Crippen molar-refractivity contribution in [2.75, 3.05) is 120 Å². The number of hydrogen-bond acceptors (Lipinski definition) is 36. The van der Waals surface area contributed by atoms with E-state index in [0.29, 0.717) is 24.0 Å². The number of amides is 3. The van der Waals surface area contributed by atoms with Crippen LogP contribution in [0.25, 0.3) is 32.3 Å². The van der Waals surface area contributed by atoms with Gasteiger partial charge < -0.3 is 129 Å². The molecule has 5 aromatic carbocycles. The topological polar surface area (TPSA) is 632 Å². The van der Waals surface area contributed by atoms with Crippen molar-refractivity contribution in [2.45, 2.75) is 188 Å². The number of carbonyl (C=O) groups excluding carboxylic acids is 4. The number of unbranched alkanes of at least 4 members (excludes halogenated alkanes) is 8. The lowest BCUT2D eigenvalue weighted by atomic mass is 9.92. The number of aromatic amines is 4. The van der Waals surface area contributed by atoms with Crippen molar-refractivity contribution in [3.8, 4) is 47.4 Å². The van der Waals surface area contributed by atoms with E-state index in [1.54, 1.807) is 43.3 Å². The van der Waals surface area contributed by atoms with Gasteiger partial charge in [-0.2, -0.15) is 0 Å². The molecule has 149 heavy (non-hydrogen) atoms. The molecule has 20 atom stereocenters. The summed E-state index contributed by atoms with van der Waals surface area (Å²) in [4.78, 5) is 204. The highest BCUT2D eigenvalue weighted by atomic mass is 31.2. The molecule has 3 amide bonds. The van der Waals surface area contributed by atoms with E-state index in [1.165, 1.54) is 91.6 Å². The van der Waals surface area contributed by atoms with Crippen LogP contribution in [0.15, 0.2) is 148 Å². The van der Waals surface area contributed by atoms with E-state index in [-0.39, 0.29) is 112 Å². The molecule has 12 heterocycles. The van der Waals surface area contributed by atoms with E-state index >= 15 is 0 Å². The van der Waals surface area contributed by atoms with Crippen LogP contribution in [0.4, 0.5) is 0 Å². The Hall–Kier alpha value is -11.9. The molecule has 8 aliphatic rings. The van der Waals surface area contributed by atoms with Gasteiger partial charge >= 0.3 is 28.7 Å². The van der Waals surface area contributed by atoms with Crippen molar-refractivity contribution in [3.63, 3.8) is 0 Å². The van der Waals surface area contributed by atoms with Crippen LogP contribution in [-0.4, -0.2) is 254 Å². The second-order valence-corrected chi connectivity index (χ2v) is 43.7. The summed E-state index contributed by atoms with van der Waals surface area (Å²) in [6, 6.07) is 26.2. The summed E-state index contributed by atoms with van der Waals surface area (Å²) in [7, 11) is -12.4. The van der Waals surface area contributed by atoms with Crippen molar-refractivity contribution in [1.29, 1.82) is 0 Å². The maximum absolute atomic E-state index is 13.2. The minimum absolute atomic E-state index is 0.00809. The van der Waals surface area contributed by atoms with E-state index in [4.69, 9.17) is 74.9 Å². The quantitative estimate of drug-likeness (QED) is 0.00984. The number of fused-ring (bicyclic) bond motifs is 8. The number of carbonyl (C=O) groups is 4. The summed E-state index contributed by atoms with van der Waals surface area (Å²) in [5, 5.41) is 14.1. The van der Waals surface area contributed by atoms with Gasteiger partial charge in [0.15, 0.2) is 31.5 Å². The molecule has 0 aliphatic carbocycles. The number of aromatic nitrogens is 8. The highest BCUT2D eigenvalue weighted by Crippen LogP contribution is 2.56. The molecule has 8 bridgehead atoms. The van der Waals surface area contributed by atoms with Crippen LogP contribution in [0, 0.1) is 47.4 Å². The van der Waals surface area contributed by atoms with Gasteiger partial charge in [-0.25, -0.2) is 24.0 Å². The van der Waals surface area contributed by atoms with Crippen LogP contribution < -0.4 is 80.5 Å². The molecule has 0 spiro atoms. The number of nitrogens with zero attached hydrogens (tertiary/aromatic N) is 4. The monoisotopic (exact) mass is 2140 g/mol. The van der Waals surface area contributed by atoms with Crippen molar-refractivity contribution < 1.29 is 132 Å². The summed E-state index contributed by atoms with van der Waals surface area (Å²) in [5.74, 6) is 19.9. The number of hydrogen-bond donors (Lipinski definition) is 7. The smallest absolute Gasteiger partial charge is 0.339 e. The van der Waals surface area contributed by atoms with Gasteiger partial charge in [-0.1, -0.05) is 179 Å². The zero-order valence-corrected chi connectivity index (χ0v) is 86.2. The summed E-state index contributed by atoms with van der Waals surface area (Å²) in [5.41, 5.74) is -10.2. The van der Waals surface area contributed by atoms with Gasteiger partial charge in [0, 0.05) is 91.7 Å². The Morgan fingerprint density at radius 1 is 0.423 bits per heavy atom. The second kappa shape index (κ2) is 48.2. The average Bonchev–Trinajstić information content (AvgIpc) is 1.61. The normalized spacial score (nSPS) is 25.9. The highest BCUT2D eigenvalue weighted by molar-refractivity contribution is 7.51. The molecule has 8 aliphatic heterocycles. The molecule has 7 N–H and O–H groups in total. The Morgan fingerprint density at radius 3 is 1.15 bits per heavy atom. The maximum atomic E-state index is 13.2. The summed E-state index contributed by atoms with van der Waals surface area (Å²) >= 11 is 0. The largest absolute Gasteiger partial charge is 0.779 e. The molecule has 4 aromatic heterocycles. The lowest BCUT2D eigenvalue weighted by molar-refractivity contribution is -0.209. The SMILES string of the molecule is CCCCCCCCCCCC(=O)NCC#Cc1cn([C@@H]2O[C@]3(COC)CO[C@@H]2C3OP(C)(=O)[O-])c(=O)[nH]c1=O.CC[C@@]12CO[C@H](C1OP(C)(=O)[O-])[C@H](n1cc(C#CCOC(=O)c3ccccc3)c(=O)[nH]c1=O)O2.COC[C@@]12CO[C@H](C1OP(C)(=O)[O-])[C@H](n1cc(C#CCNC(=O)c3ccc4ccc5cccc6ccc3c4c56)c(=O)[nH]c1=O)O2.COC[C@@]12CO[C@H](C1OP(C)(=O)[O-])[C@H](n1cc(C#CCNC(C)=O)c(=O)[nH]c1=O)O2. The van der Waals surface area contributed by atoms with E-state index in [1.807, 2.05) is 42.5 Å². The number of methoxy groups -OCH3 is 3. The molecule has 8 unspecified atom stereocenters. The van der Waals surface area contributed by atoms with Gasteiger partial charge in [0.2, 0.25) is 11.8 Å². The zero-order chi connectivity index (χ0) is 107. The summed E-state index contributed by atoms with van der Waals surface area (Å²) in [6.07, 6.45) is 4.00. The Balaban J connectivity index is 0.000000158. The van der Waals surface area contributed by atoms with Crippen LogP contribution >= 0.6 is 30.4 Å². The number of rotatable bonds is 35.